The normalized spacial score (nSPS) is 29.2. The van der Waals surface area contributed by atoms with Crippen molar-refractivity contribution in [1.82, 2.24) is 0 Å². The Hall–Kier alpha value is -1.09. The number of benzene rings is 1. The second-order valence-corrected chi connectivity index (χ2v) is 6.98. The predicted molar refractivity (Wildman–Crippen MR) is 78.4 cm³/mol. The van der Waals surface area contributed by atoms with Gasteiger partial charge in [-0.3, -0.25) is 0 Å². The van der Waals surface area contributed by atoms with Crippen molar-refractivity contribution >= 4 is 0 Å². The van der Waals surface area contributed by atoms with E-state index in [2.05, 4.69) is 20.8 Å². The lowest BCUT2D eigenvalue weighted by Gasteiger charge is -2.45. The Morgan fingerprint density at radius 2 is 2.05 bits per heavy atom. The van der Waals surface area contributed by atoms with Crippen LogP contribution in [0.3, 0.4) is 0 Å². The van der Waals surface area contributed by atoms with Crippen LogP contribution in [0.25, 0.3) is 0 Å². The van der Waals surface area contributed by atoms with E-state index in [9.17, 15) is 9.50 Å². The van der Waals surface area contributed by atoms with Crippen molar-refractivity contribution in [2.24, 2.45) is 11.3 Å². The lowest BCUT2D eigenvalue weighted by Crippen LogP contribution is -2.45. The number of rotatable bonds is 3. The minimum absolute atomic E-state index is 0.164. The van der Waals surface area contributed by atoms with Crippen molar-refractivity contribution in [3.8, 4) is 5.75 Å². The molecule has 1 aromatic rings. The molecule has 0 amide bonds. The van der Waals surface area contributed by atoms with Gasteiger partial charge in [-0.1, -0.05) is 32.9 Å². The third kappa shape index (κ3) is 2.98. The van der Waals surface area contributed by atoms with Gasteiger partial charge >= 0.3 is 0 Å². The summed E-state index contributed by atoms with van der Waals surface area (Å²) in [7, 11) is 1.46. The lowest BCUT2D eigenvalue weighted by molar-refractivity contribution is -0.0709. The zero-order valence-electron chi connectivity index (χ0n) is 12.9. The molecule has 1 aromatic carbocycles. The summed E-state index contributed by atoms with van der Waals surface area (Å²) < 4.78 is 19.3. The van der Waals surface area contributed by atoms with Gasteiger partial charge in [0.15, 0.2) is 11.6 Å². The second-order valence-electron chi connectivity index (χ2n) is 6.98. The van der Waals surface area contributed by atoms with E-state index in [0.29, 0.717) is 12.0 Å². The molecule has 1 saturated carbocycles. The van der Waals surface area contributed by atoms with Crippen LogP contribution < -0.4 is 4.74 Å². The summed E-state index contributed by atoms with van der Waals surface area (Å²) in [6.45, 7) is 6.53. The summed E-state index contributed by atoms with van der Waals surface area (Å²) in [5.41, 5.74) is -0.0141. The van der Waals surface area contributed by atoms with Gasteiger partial charge in [0.1, 0.15) is 0 Å². The number of ether oxygens (including phenoxy) is 1. The number of hydrogen-bond acceptors (Lipinski definition) is 2. The molecule has 2 unspecified atom stereocenters. The van der Waals surface area contributed by atoms with E-state index in [1.165, 1.54) is 7.11 Å². The molecule has 1 aliphatic carbocycles. The van der Waals surface area contributed by atoms with Crippen LogP contribution in [0.5, 0.6) is 5.75 Å². The first-order valence-electron chi connectivity index (χ1n) is 7.31. The molecule has 0 spiro atoms. The highest BCUT2D eigenvalue weighted by Gasteiger charge is 2.42. The van der Waals surface area contributed by atoms with E-state index >= 15 is 0 Å². The molecule has 0 aliphatic heterocycles. The van der Waals surface area contributed by atoms with Crippen molar-refractivity contribution < 1.29 is 14.2 Å². The topological polar surface area (TPSA) is 29.5 Å². The number of hydrogen-bond donors (Lipinski definition) is 1. The summed E-state index contributed by atoms with van der Waals surface area (Å²) >= 11 is 0. The highest BCUT2D eigenvalue weighted by molar-refractivity contribution is 5.32. The van der Waals surface area contributed by atoms with Gasteiger partial charge in [-0.25, -0.2) is 4.39 Å². The summed E-state index contributed by atoms with van der Waals surface area (Å²) in [5.74, 6) is 0.0622. The monoisotopic (exact) mass is 280 g/mol. The van der Waals surface area contributed by atoms with E-state index < -0.39 is 5.60 Å². The first-order valence-corrected chi connectivity index (χ1v) is 7.31. The van der Waals surface area contributed by atoms with Gasteiger partial charge in [-0.15, -0.1) is 0 Å². The Morgan fingerprint density at radius 3 is 2.65 bits per heavy atom. The Labute approximate surface area is 121 Å². The highest BCUT2D eigenvalue weighted by atomic mass is 19.1. The number of aliphatic hydroxyl groups is 1. The van der Waals surface area contributed by atoms with E-state index in [1.807, 2.05) is 0 Å². The van der Waals surface area contributed by atoms with Gasteiger partial charge in [0.2, 0.25) is 0 Å². The summed E-state index contributed by atoms with van der Waals surface area (Å²) in [6.07, 6.45) is 3.01. The summed E-state index contributed by atoms with van der Waals surface area (Å²) in [5, 5.41) is 10.9. The van der Waals surface area contributed by atoms with Gasteiger partial charge < -0.3 is 9.84 Å². The average Bonchev–Trinajstić information content (AvgIpc) is 2.37. The van der Waals surface area contributed by atoms with Crippen LogP contribution in [0.1, 0.15) is 45.6 Å². The third-order valence-electron chi connectivity index (χ3n) is 4.77. The average molecular weight is 280 g/mol. The number of halogens is 1. The first kappa shape index (κ1) is 15.3. The van der Waals surface area contributed by atoms with Crippen molar-refractivity contribution in [3.63, 3.8) is 0 Å². The van der Waals surface area contributed by atoms with Gasteiger partial charge in [0.25, 0.3) is 0 Å². The molecular formula is C17H25FO2. The molecule has 0 heterocycles. The van der Waals surface area contributed by atoms with Gasteiger partial charge in [0, 0.05) is 6.42 Å². The van der Waals surface area contributed by atoms with Crippen LogP contribution >= 0.6 is 0 Å². The van der Waals surface area contributed by atoms with Crippen LogP contribution in [0.15, 0.2) is 18.2 Å². The molecule has 0 aromatic heterocycles. The molecule has 1 aliphatic rings. The van der Waals surface area contributed by atoms with Crippen LogP contribution in [-0.2, 0) is 6.42 Å². The maximum absolute atomic E-state index is 14.2. The maximum Gasteiger partial charge on any atom is 0.168 e. The maximum atomic E-state index is 14.2. The molecule has 2 nitrogen and oxygen atoms in total. The Bertz CT molecular complexity index is 484. The third-order valence-corrected chi connectivity index (χ3v) is 4.77. The standard InChI is InChI=1S/C17H25FO2/c1-12-10-16(2,3)8-9-17(12,19)11-13-6-5-7-14(20-4)15(13)18/h5-7,12,19H,8-11H2,1-4H3. The molecule has 3 heteroatoms. The quantitative estimate of drug-likeness (QED) is 0.908. The fourth-order valence-corrected chi connectivity index (χ4v) is 3.36. The zero-order chi connectivity index (χ0) is 15.0. The van der Waals surface area contributed by atoms with Crippen LogP contribution in [0.4, 0.5) is 4.39 Å². The van der Waals surface area contributed by atoms with E-state index in [4.69, 9.17) is 4.74 Å². The predicted octanol–water partition coefficient (Wildman–Crippen LogP) is 3.95. The second kappa shape index (κ2) is 5.36. The molecule has 0 saturated heterocycles. The molecular weight excluding hydrogens is 255 g/mol. The van der Waals surface area contributed by atoms with Gasteiger partial charge in [-0.2, -0.15) is 0 Å². The molecule has 1 N–H and O–H groups in total. The Kier molecular flexibility index (Phi) is 4.10. The molecule has 112 valence electrons. The van der Waals surface area contributed by atoms with Gasteiger partial charge in [-0.05, 0) is 42.2 Å². The Morgan fingerprint density at radius 1 is 1.35 bits per heavy atom. The largest absolute Gasteiger partial charge is 0.494 e. The van der Waals surface area contributed by atoms with Crippen molar-refractivity contribution in [2.75, 3.05) is 7.11 Å². The van der Waals surface area contributed by atoms with E-state index in [1.54, 1.807) is 18.2 Å². The smallest absolute Gasteiger partial charge is 0.168 e. The number of methoxy groups -OCH3 is 1. The van der Waals surface area contributed by atoms with E-state index in [-0.39, 0.29) is 22.9 Å². The fraction of sp³-hybridized carbons (Fsp3) is 0.647. The molecule has 0 radical (unpaired) electrons. The first-order chi connectivity index (χ1) is 9.27. The molecule has 2 rings (SSSR count). The summed E-state index contributed by atoms with van der Waals surface area (Å²) in [6, 6.07) is 5.12. The minimum atomic E-state index is -0.817. The van der Waals surface area contributed by atoms with Crippen molar-refractivity contribution in [1.29, 1.82) is 0 Å². The van der Waals surface area contributed by atoms with Crippen LogP contribution in [-0.4, -0.2) is 17.8 Å². The van der Waals surface area contributed by atoms with Crippen molar-refractivity contribution in [3.05, 3.63) is 29.6 Å². The molecule has 0 bridgehead atoms. The molecule has 1 fully saturated rings. The molecule has 20 heavy (non-hydrogen) atoms. The van der Waals surface area contributed by atoms with E-state index in [0.717, 1.165) is 19.3 Å². The highest BCUT2D eigenvalue weighted by Crippen LogP contribution is 2.45. The lowest BCUT2D eigenvalue weighted by atomic mass is 9.64. The molecule has 2 atom stereocenters. The zero-order valence-corrected chi connectivity index (χ0v) is 12.9. The van der Waals surface area contributed by atoms with Crippen molar-refractivity contribution in [2.45, 2.75) is 52.1 Å². The Balaban J connectivity index is 2.21. The minimum Gasteiger partial charge on any atom is -0.494 e. The fourth-order valence-electron chi connectivity index (χ4n) is 3.36. The summed E-state index contributed by atoms with van der Waals surface area (Å²) in [4.78, 5) is 0. The van der Waals surface area contributed by atoms with Gasteiger partial charge in [0.05, 0.1) is 12.7 Å². The SMILES string of the molecule is COc1cccc(CC2(O)CCC(C)(C)CC2C)c1F. The van der Waals surface area contributed by atoms with Crippen LogP contribution in [0, 0.1) is 17.2 Å². The van der Waals surface area contributed by atoms with Crippen LogP contribution in [0.2, 0.25) is 0 Å².